The van der Waals surface area contributed by atoms with Crippen molar-refractivity contribution in [1.29, 1.82) is 0 Å². The van der Waals surface area contributed by atoms with Crippen LogP contribution in [0.2, 0.25) is 0 Å². The summed E-state index contributed by atoms with van der Waals surface area (Å²) in [4.78, 5) is 26.6. The average molecular weight is 286 g/mol. The molecule has 0 atom stereocenters. The van der Waals surface area contributed by atoms with E-state index in [0.717, 1.165) is 37.2 Å². The van der Waals surface area contributed by atoms with E-state index in [1.807, 2.05) is 36.9 Å². The Morgan fingerprint density at radius 1 is 1.14 bits per heavy atom. The minimum absolute atomic E-state index is 0.00290. The van der Waals surface area contributed by atoms with Crippen molar-refractivity contribution < 1.29 is 9.59 Å². The summed E-state index contributed by atoms with van der Waals surface area (Å²) in [5.74, 6) is 0.0896. The molecule has 1 saturated heterocycles. The summed E-state index contributed by atoms with van der Waals surface area (Å²) in [6.45, 7) is 5.48. The number of nitrogens with one attached hydrogen (secondary N) is 1. The Balaban J connectivity index is 1.89. The minimum atomic E-state index is -0.565. The summed E-state index contributed by atoms with van der Waals surface area (Å²) in [5.41, 5.74) is 1.88. The second kappa shape index (κ2) is 5.17. The number of likely N-dealkylation sites (tertiary alicyclic amines) is 1. The van der Waals surface area contributed by atoms with Crippen LogP contribution < -0.4 is 5.32 Å². The molecular weight excluding hydrogens is 264 g/mol. The Kier molecular flexibility index (Phi) is 3.47. The van der Waals surface area contributed by atoms with Crippen molar-refractivity contribution >= 4 is 17.5 Å². The Morgan fingerprint density at radius 2 is 1.81 bits per heavy atom. The van der Waals surface area contributed by atoms with E-state index in [4.69, 9.17) is 0 Å². The fourth-order valence-corrected chi connectivity index (χ4v) is 3.16. The minimum Gasteiger partial charge on any atom is -0.339 e. The Morgan fingerprint density at radius 3 is 2.48 bits per heavy atom. The van der Waals surface area contributed by atoms with Crippen molar-refractivity contribution in [3.63, 3.8) is 0 Å². The van der Waals surface area contributed by atoms with Crippen LogP contribution in [0.4, 0.5) is 5.69 Å². The van der Waals surface area contributed by atoms with Crippen LogP contribution in [0, 0.1) is 0 Å². The third-order valence-corrected chi connectivity index (χ3v) is 4.65. The van der Waals surface area contributed by atoms with Gasteiger partial charge in [0.1, 0.15) is 0 Å². The van der Waals surface area contributed by atoms with Crippen LogP contribution >= 0.6 is 0 Å². The summed E-state index contributed by atoms with van der Waals surface area (Å²) in [7, 11) is 0. The maximum Gasteiger partial charge on any atom is 0.253 e. The number of hydrogen-bond donors (Lipinski definition) is 1. The van der Waals surface area contributed by atoms with Gasteiger partial charge in [-0.15, -0.1) is 0 Å². The van der Waals surface area contributed by atoms with Gasteiger partial charge in [-0.05, 0) is 50.5 Å². The molecule has 0 bridgehead atoms. The van der Waals surface area contributed by atoms with Gasteiger partial charge in [-0.1, -0.05) is 12.8 Å². The summed E-state index contributed by atoms with van der Waals surface area (Å²) >= 11 is 0. The zero-order chi connectivity index (χ0) is 15.0. The Hall–Kier alpha value is -1.84. The smallest absolute Gasteiger partial charge is 0.253 e. The normalized spacial score (nSPS) is 20.7. The molecule has 0 saturated carbocycles. The van der Waals surface area contributed by atoms with Crippen LogP contribution in [-0.2, 0) is 10.2 Å². The van der Waals surface area contributed by atoms with E-state index in [0.29, 0.717) is 5.56 Å². The Bertz CT molecular complexity index is 584. The summed E-state index contributed by atoms with van der Waals surface area (Å²) in [6.07, 6.45) is 4.59. The zero-order valence-electron chi connectivity index (χ0n) is 12.7. The van der Waals surface area contributed by atoms with Crippen molar-refractivity contribution in [2.24, 2.45) is 0 Å². The third-order valence-electron chi connectivity index (χ3n) is 4.65. The van der Waals surface area contributed by atoms with E-state index in [1.54, 1.807) is 0 Å². The maximum atomic E-state index is 12.7. The Labute approximate surface area is 125 Å². The van der Waals surface area contributed by atoms with Crippen molar-refractivity contribution in [2.75, 3.05) is 18.4 Å². The molecule has 1 aromatic rings. The van der Waals surface area contributed by atoms with Gasteiger partial charge in [0.25, 0.3) is 5.91 Å². The predicted octanol–water partition coefficient (Wildman–Crippen LogP) is 2.93. The second-order valence-electron chi connectivity index (χ2n) is 6.55. The van der Waals surface area contributed by atoms with Gasteiger partial charge in [0, 0.05) is 24.3 Å². The average Bonchev–Trinajstić information content (AvgIpc) is 2.68. The largest absolute Gasteiger partial charge is 0.339 e. The molecule has 0 radical (unpaired) electrons. The molecule has 4 nitrogen and oxygen atoms in total. The van der Waals surface area contributed by atoms with E-state index in [2.05, 4.69) is 5.32 Å². The molecule has 2 aliphatic rings. The lowest BCUT2D eigenvalue weighted by molar-refractivity contribution is -0.119. The molecule has 2 aliphatic heterocycles. The molecule has 1 N–H and O–H groups in total. The van der Waals surface area contributed by atoms with Crippen LogP contribution in [0.3, 0.4) is 0 Å². The van der Waals surface area contributed by atoms with Gasteiger partial charge < -0.3 is 10.2 Å². The highest BCUT2D eigenvalue weighted by Crippen LogP contribution is 2.37. The van der Waals surface area contributed by atoms with Crippen LogP contribution in [0.5, 0.6) is 0 Å². The molecule has 0 unspecified atom stereocenters. The maximum absolute atomic E-state index is 12.7. The first-order valence-corrected chi connectivity index (χ1v) is 7.75. The third kappa shape index (κ3) is 2.43. The fraction of sp³-hybridized carbons (Fsp3) is 0.529. The van der Waals surface area contributed by atoms with E-state index in [1.165, 1.54) is 12.8 Å². The topological polar surface area (TPSA) is 49.4 Å². The number of carbonyl (C=O) groups is 2. The predicted molar refractivity (Wildman–Crippen MR) is 82.5 cm³/mol. The van der Waals surface area contributed by atoms with Gasteiger partial charge in [0.15, 0.2) is 0 Å². The zero-order valence-corrected chi connectivity index (χ0v) is 12.7. The molecule has 4 heteroatoms. The van der Waals surface area contributed by atoms with Gasteiger partial charge in [-0.2, -0.15) is 0 Å². The van der Waals surface area contributed by atoms with Crippen molar-refractivity contribution in [3.05, 3.63) is 29.3 Å². The molecule has 2 heterocycles. The van der Waals surface area contributed by atoms with E-state index >= 15 is 0 Å². The van der Waals surface area contributed by atoms with Crippen LogP contribution in [0.15, 0.2) is 18.2 Å². The lowest BCUT2D eigenvalue weighted by Gasteiger charge is -2.21. The van der Waals surface area contributed by atoms with Gasteiger partial charge in [-0.25, -0.2) is 0 Å². The molecule has 21 heavy (non-hydrogen) atoms. The van der Waals surface area contributed by atoms with Crippen molar-refractivity contribution in [3.8, 4) is 0 Å². The quantitative estimate of drug-likeness (QED) is 0.863. The van der Waals surface area contributed by atoms with Crippen molar-refractivity contribution in [2.45, 2.75) is 44.9 Å². The van der Waals surface area contributed by atoms with Crippen LogP contribution in [0.1, 0.15) is 55.5 Å². The molecule has 3 rings (SSSR count). The summed E-state index contributed by atoms with van der Waals surface area (Å²) in [6, 6.07) is 5.57. The number of hydrogen-bond acceptors (Lipinski definition) is 2. The number of anilines is 1. The monoisotopic (exact) mass is 286 g/mol. The highest BCUT2D eigenvalue weighted by atomic mass is 16.2. The summed E-state index contributed by atoms with van der Waals surface area (Å²) in [5, 5.41) is 2.88. The molecule has 1 aromatic carbocycles. The number of amides is 2. The van der Waals surface area contributed by atoms with Crippen molar-refractivity contribution in [1.82, 2.24) is 4.90 Å². The van der Waals surface area contributed by atoms with Gasteiger partial charge >= 0.3 is 0 Å². The number of nitrogens with zero attached hydrogens (tertiary/aromatic N) is 1. The van der Waals surface area contributed by atoms with E-state index in [9.17, 15) is 9.59 Å². The first-order valence-electron chi connectivity index (χ1n) is 7.75. The first-order chi connectivity index (χ1) is 10.00. The molecule has 1 fully saturated rings. The molecule has 0 aromatic heterocycles. The highest BCUT2D eigenvalue weighted by molar-refractivity contribution is 6.07. The lowest BCUT2D eigenvalue weighted by Crippen LogP contribution is -2.32. The fourth-order valence-electron chi connectivity index (χ4n) is 3.16. The first kappa shape index (κ1) is 14.1. The van der Waals surface area contributed by atoms with Gasteiger partial charge in [0.2, 0.25) is 5.91 Å². The highest BCUT2D eigenvalue weighted by Gasteiger charge is 2.38. The lowest BCUT2D eigenvalue weighted by atomic mass is 9.85. The van der Waals surface area contributed by atoms with E-state index < -0.39 is 5.41 Å². The molecule has 0 aliphatic carbocycles. The molecular formula is C17H22N2O2. The summed E-state index contributed by atoms with van der Waals surface area (Å²) < 4.78 is 0. The number of carbonyl (C=O) groups excluding carboxylic acids is 2. The van der Waals surface area contributed by atoms with Gasteiger partial charge in [-0.3, -0.25) is 9.59 Å². The van der Waals surface area contributed by atoms with E-state index in [-0.39, 0.29) is 11.8 Å². The molecule has 2 amide bonds. The number of fused-ring (bicyclic) bond motifs is 1. The van der Waals surface area contributed by atoms with Gasteiger partial charge in [0.05, 0.1) is 5.41 Å². The second-order valence-corrected chi connectivity index (χ2v) is 6.55. The number of rotatable bonds is 1. The molecule has 0 spiro atoms. The molecule has 112 valence electrons. The SMILES string of the molecule is CC1(C)C(=O)Nc2ccc(C(=O)N3CCCCCC3)cc21. The van der Waals surface area contributed by atoms with Crippen LogP contribution in [-0.4, -0.2) is 29.8 Å². The number of benzene rings is 1. The van der Waals surface area contributed by atoms with Crippen LogP contribution in [0.25, 0.3) is 0 Å². The standard InChI is InChI=1S/C17H22N2O2/c1-17(2)13-11-12(7-8-14(13)18-16(17)21)15(20)19-9-5-3-4-6-10-19/h7-8,11H,3-6,9-10H2,1-2H3,(H,18,21).